The fraction of sp³-hybridized carbons (Fsp3) is 0.200. The van der Waals surface area contributed by atoms with Gasteiger partial charge in [-0.15, -0.1) is 10.2 Å². The van der Waals surface area contributed by atoms with E-state index >= 15 is 0 Å². The summed E-state index contributed by atoms with van der Waals surface area (Å²) in [5.74, 6) is -0.907. The van der Waals surface area contributed by atoms with E-state index in [0.29, 0.717) is 4.34 Å². The third-order valence-electron chi connectivity index (χ3n) is 2.04. The van der Waals surface area contributed by atoms with Gasteiger partial charge < -0.3 is 0 Å². The van der Waals surface area contributed by atoms with Crippen LogP contribution in [0.25, 0.3) is 0 Å². The largest absolute Gasteiger partial charge is 0.207 e. The van der Waals surface area contributed by atoms with Crippen molar-refractivity contribution < 1.29 is 8.78 Å². The van der Waals surface area contributed by atoms with Crippen LogP contribution in [0.15, 0.2) is 25.3 Å². The molecule has 0 amide bonds. The van der Waals surface area contributed by atoms with Gasteiger partial charge in [0.2, 0.25) is 0 Å². The third-order valence-corrected chi connectivity index (χ3v) is 5.71. The number of halogens is 3. The highest BCUT2D eigenvalue weighted by Crippen LogP contribution is 2.32. The van der Waals surface area contributed by atoms with Crippen LogP contribution in [-0.4, -0.2) is 16.5 Å². The Morgan fingerprint density at radius 1 is 1.28 bits per heavy atom. The number of aromatic nitrogens is 2. The number of hydrogen-bond donors (Lipinski definition) is 0. The van der Waals surface area contributed by atoms with Crippen molar-refractivity contribution in [2.45, 2.75) is 14.4 Å². The van der Waals surface area contributed by atoms with Crippen molar-refractivity contribution in [2.24, 2.45) is 0 Å². The van der Waals surface area contributed by atoms with Crippen LogP contribution in [0.3, 0.4) is 0 Å². The maximum absolute atomic E-state index is 13.7. The normalized spacial score (nSPS) is 10.9. The minimum atomic E-state index is -0.558. The molecule has 1 heterocycles. The summed E-state index contributed by atoms with van der Waals surface area (Å²) in [6, 6.07) is 2.60. The molecule has 0 saturated heterocycles. The second-order valence-corrected chi connectivity index (χ2v) is 7.26. The summed E-state index contributed by atoms with van der Waals surface area (Å²) >= 11 is 7.23. The predicted octanol–water partition coefficient (Wildman–Crippen LogP) is 4.59. The molecule has 0 spiro atoms. The fourth-order valence-corrected chi connectivity index (χ4v) is 3.99. The number of rotatable bonds is 4. The lowest BCUT2D eigenvalue weighted by Gasteiger charge is -2.04. The molecule has 0 aliphatic heterocycles. The Hall–Kier alpha value is -0.180. The van der Waals surface area contributed by atoms with Gasteiger partial charge in [0.1, 0.15) is 11.6 Å². The third kappa shape index (κ3) is 3.23. The molecule has 0 unspecified atom stereocenters. The van der Waals surface area contributed by atoms with Gasteiger partial charge >= 0.3 is 0 Å². The Morgan fingerprint density at radius 2 is 2.00 bits per heavy atom. The lowest BCUT2D eigenvalue weighted by Crippen LogP contribution is -1.94. The highest BCUT2D eigenvalue weighted by atomic mass is 79.9. The monoisotopic (exact) mass is 368 g/mol. The molecule has 0 fully saturated rings. The van der Waals surface area contributed by atoms with Crippen LogP contribution in [0.2, 0.25) is 0 Å². The van der Waals surface area contributed by atoms with E-state index in [2.05, 4.69) is 26.1 Å². The van der Waals surface area contributed by atoms with Crippen molar-refractivity contribution in [1.29, 1.82) is 0 Å². The first-order chi connectivity index (χ1) is 8.61. The van der Waals surface area contributed by atoms with Gasteiger partial charge in [-0.3, -0.25) is 0 Å². The van der Waals surface area contributed by atoms with E-state index in [1.807, 2.05) is 6.26 Å². The van der Waals surface area contributed by atoms with Crippen molar-refractivity contribution in [3.63, 3.8) is 0 Å². The molecule has 18 heavy (non-hydrogen) atoms. The van der Waals surface area contributed by atoms with Crippen LogP contribution in [0.4, 0.5) is 8.78 Å². The Bertz CT molecular complexity index is 562. The summed E-state index contributed by atoms with van der Waals surface area (Å²) in [5.41, 5.74) is 0.0512. The number of nitrogens with zero attached hydrogens (tertiary/aromatic N) is 2. The molecular weight excluding hydrogens is 362 g/mol. The fourth-order valence-electron chi connectivity index (χ4n) is 1.17. The van der Waals surface area contributed by atoms with E-state index in [4.69, 9.17) is 0 Å². The molecule has 96 valence electrons. The Kier molecular flexibility index (Phi) is 4.99. The maximum atomic E-state index is 13.7. The zero-order valence-corrected chi connectivity index (χ0v) is 13.2. The first-order valence-electron chi connectivity index (χ1n) is 4.74. The van der Waals surface area contributed by atoms with Gasteiger partial charge in [-0.05, 0) is 34.3 Å². The predicted molar refractivity (Wildman–Crippen MR) is 75.3 cm³/mol. The lowest BCUT2D eigenvalue weighted by molar-refractivity contribution is 0.562. The van der Waals surface area contributed by atoms with E-state index < -0.39 is 11.6 Å². The summed E-state index contributed by atoms with van der Waals surface area (Å²) in [4.78, 5) is 0. The highest BCUT2D eigenvalue weighted by molar-refractivity contribution is 9.10. The average molecular weight is 369 g/mol. The molecule has 0 aliphatic rings. The van der Waals surface area contributed by atoms with Gasteiger partial charge in [0.05, 0.1) is 4.47 Å². The molecule has 0 N–H and O–H groups in total. The molecule has 1 aromatic heterocycles. The van der Waals surface area contributed by atoms with Crippen molar-refractivity contribution in [2.75, 3.05) is 6.26 Å². The minimum absolute atomic E-state index is 0.0512. The molecule has 8 heteroatoms. The number of hydrogen-bond acceptors (Lipinski definition) is 5. The molecule has 2 aromatic rings. The molecule has 0 atom stereocenters. The van der Waals surface area contributed by atoms with Crippen LogP contribution in [-0.2, 0) is 5.75 Å². The second kappa shape index (κ2) is 6.31. The molecule has 2 rings (SSSR count). The molecule has 0 radical (unpaired) electrons. The van der Waals surface area contributed by atoms with Crippen LogP contribution in [0.5, 0.6) is 0 Å². The van der Waals surface area contributed by atoms with Gasteiger partial charge in [-0.1, -0.05) is 34.9 Å². The highest BCUT2D eigenvalue weighted by Gasteiger charge is 2.14. The Labute approximate surface area is 124 Å². The summed E-state index contributed by atoms with van der Waals surface area (Å²) in [5, 5.41) is 7.86. The standard InChI is InChI=1S/C10H7BrF2N2S3/c1-16-9-14-15-10(18-9)17-4-5-7(12)3-2-6(11)8(5)13/h2-3H,4H2,1H3. The summed E-state index contributed by atoms with van der Waals surface area (Å²) in [7, 11) is 0. The summed E-state index contributed by atoms with van der Waals surface area (Å²) in [6.45, 7) is 0. The van der Waals surface area contributed by atoms with Crippen molar-refractivity contribution >= 4 is 50.8 Å². The average Bonchev–Trinajstić information content (AvgIpc) is 2.82. The zero-order chi connectivity index (χ0) is 13.1. The SMILES string of the molecule is CSc1nnc(SCc2c(F)ccc(Br)c2F)s1. The number of thioether (sulfide) groups is 2. The van der Waals surface area contributed by atoms with Gasteiger partial charge in [-0.2, -0.15) is 0 Å². The van der Waals surface area contributed by atoms with E-state index in [1.54, 1.807) is 0 Å². The maximum Gasteiger partial charge on any atom is 0.175 e. The first kappa shape index (κ1) is 14.2. The molecule has 2 nitrogen and oxygen atoms in total. The van der Waals surface area contributed by atoms with Gasteiger partial charge in [0.15, 0.2) is 8.68 Å². The van der Waals surface area contributed by atoms with Crippen LogP contribution in [0, 0.1) is 11.6 Å². The van der Waals surface area contributed by atoms with Crippen molar-refractivity contribution in [1.82, 2.24) is 10.2 Å². The van der Waals surface area contributed by atoms with Crippen LogP contribution < -0.4 is 0 Å². The molecule has 0 aliphatic carbocycles. The van der Waals surface area contributed by atoms with E-state index in [0.717, 1.165) is 4.34 Å². The zero-order valence-electron chi connectivity index (χ0n) is 9.11. The smallest absolute Gasteiger partial charge is 0.175 e. The topological polar surface area (TPSA) is 25.8 Å². The van der Waals surface area contributed by atoms with E-state index in [1.165, 1.54) is 47.0 Å². The second-order valence-electron chi connectivity index (χ2n) is 3.15. The van der Waals surface area contributed by atoms with Crippen LogP contribution in [0.1, 0.15) is 5.56 Å². The van der Waals surface area contributed by atoms with E-state index in [-0.39, 0.29) is 15.8 Å². The van der Waals surface area contributed by atoms with E-state index in [9.17, 15) is 8.78 Å². The Balaban J connectivity index is 2.12. The van der Waals surface area contributed by atoms with Crippen LogP contribution >= 0.6 is 50.8 Å². The summed E-state index contributed by atoms with van der Waals surface area (Å²) < 4.78 is 29.0. The Morgan fingerprint density at radius 3 is 2.67 bits per heavy atom. The lowest BCUT2D eigenvalue weighted by atomic mass is 10.2. The quantitative estimate of drug-likeness (QED) is 0.582. The summed E-state index contributed by atoms with van der Waals surface area (Å²) in [6.07, 6.45) is 1.91. The number of benzene rings is 1. The molecule has 1 aromatic carbocycles. The first-order valence-corrected chi connectivity index (χ1v) is 8.56. The molecule has 0 saturated carbocycles. The van der Waals surface area contributed by atoms with Gasteiger partial charge in [0.25, 0.3) is 0 Å². The van der Waals surface area contributed by atoms with Crippen molar-refractivity contribution in [3.05, 3.63) is 33.8 Å². The minimum Gasteiger partial charge on any atom is -0.207 e. The molecular formula is C10H7BrF2N2S3. The van der Waals surface area contributed by atoms with Crippen molar-refractivity contribution in [3.8, 4) is 0 Å². The van der Waals surface area contributed by atoms with Gasteiger partial charge in [-0.25, -0.2) is 8.78 Å². The molecule has 0 bridgehead atoms. The van der Waals surface area contributed by atoms with Gasteiger partial charge in [0, 0.05) is 11.3 Å².